The van der Waals surface area contributed by atoms with E-state index in [4.69, 9.17) is 14.8 Å². The maximum atomic E-state index is 11.1. The summed E-state index contributed by atoms with van der Waals surface area (Å²) in [4.78, 5) is 20.4. The van der Waals surface area contributed by atoms with Crippen LogP contribution in [0.4, 0.5) is 5.82 Å². The van der Waals surface area contributed by atoms with Crippen molar-refractivity contribution in [3.8, 4) is 34.0 Å². The first-order valence-electron chi connectivity index (χ1n) is 10.3. The molecular weight excluding hydrogens is 498 g/mol. The second-order valence-electron chi connectivity index (χ2n) is 7.35. The molecule has 0 saturated heterocycles. The molecule has 0 unspecified atom stereocenters. The molecule has 0 fully saturated rings. The van der Waals surface area contributed by atoms with Crippen LogP contribution in [0.5, 0.6) is 11.6 Å². The summed E-state index contributed by atoms with van der Waals surface area (Å²) in [6.45, 7) is 0. The number of rotatable bonds is 6. The number of halogens is 1. The monoisotopic (exact) mass is 515 g/mol. The number of carbonyl (C=O) groups is 1. The highest BCUT2D eigenvalue weighted by Crippen LogP contribution is 2.37. The molecule has 0 bridgehead atoms. The van der Waals surface area contributed by atoms with E-state index in [2.05, 4.69) is 31.3 Å². The Morgan fingerprint density at radius 1 is 1.00 bits per heavy atom. The number of benzene rings is 2. The Morgan fingerprint density at radius 3 is 2.41 bits per heavy atom. The largest absolute Gasteiger partial charge is 0.478 e. The van der Waals surface area contributed by atoms with Crippen LogP contribution in [0.1, 0.15) is 10.4 Å². The van der Waals surface area contributed by atoms with Gasteiger partial charge in [-0.25, -0.2) is 4.79 Å². The van der Waals surface area contributed by atoms with Crippen LogP contribution in [0, 0.1) is 0 Å². The zero-order valence-corrected chi connectivity index (χ0v) is 19.5. The third-order valence-corrected chi connectivity index (χ3v) is 5.97. The minimum atomic E-state index is -1.000. The predicted molar refractivity (Wildman–Crippen MR) is 132 cm³/mol. The normalized spacial score (nSPS) is 10.9. The Kier molecular flexibility index (Phi) is 5.69. The number of fused-ring (bicyclic) bond motifs is 1. The molecule has 2 N–H and O–H groups in total. The van der Waals surface area contributed by atoms with Crippen molar-refractivity contribution in [1.82, 2.24) is 19.6 Å². The van der Waals surface area contributed by atoms with Crippen LogP contribution >= 0.6 is 15.9 Å². The molecule has 3 heterocycles. The molecule has 34 heavy (non-hydrogen) atoms. The standard InChI is InChI=1S/C25H18BrN5O3/c1-27-23-21(26)24(34-18-10-7-16(8-11-18)25(32)33)30-22-19(14-29-31(22)23)17-9-12-20(28-13-17)15-5-3-2-4-6-15/h2-14,27H,1H3,(H,32,33). The molecule has 0 amide bonds. The maximum absolute atomic E-state index is 11.1. The van der Waals surface area contributed by atoms with Gasteiger partial charge < -0.3 is 15.2 Å². The highest BCUT2D eigenvalue weighted by atomic mass is 79.9. The number of nitrogens with zero attached hydrogens (tertiary/aromatic N) is 4. The summed E-state index contributed by atoms with van der Waals surface area (Å²) < 4.78 is 8.25. The predicted octanol–water partition coefficient (Wildman–Crippen LogP) is 5.75. The van der Waals surface area contributed by atoms with Gasteiger partial charge in [-0.05, 0) is 46.3 Å². The van der Waals surface area contributed by atoms with E-state index in [9.17, 15) is 4.79 Å². The fraction of sp³-hybridized carbons (Fsp3) is 0.0400. The lowest BCUT2D eigenvalue weighted by molar-refractivity contribution is 0.0697. The average Bonchev–Trinajstić information content (AvgIpc) is 3.29. The Balaban J connectivity index is 1.55. The Morgan fingerprint density at radius 2 is 1.76 bits per heavy atom. The molecule has 5 rings (SSSR count). The summed E-state index contributed by atoms with van der Waals surface area (Å²) in [6.07, 6.45) is 3.54. The van der Waals surface area contributed by atoms with Crippen LogP contribution in [-0.4, -0.2) is 37.7 Å². The van der Waals surface area contributed by atoms with Gasteiger partial charge in [0.1, 0.15) is 16.0 Å². The van der Waals surface area contributed by atoms with Gasteiger partial charge >= 0.3 is 5.97 Å². The number of aromatic nitrogens is 4. The first-order valence-corrected chi connectivity index (χ1v) is 11.1. The quantitative estimate of drug-likeness (QED) is 0.296. The Labute approximate surface area is 203 Å². The number of nitrogens with one attached hydrogen (secondary N) is 1. The lowest BCUT2D eigenvalue weighted by Gasteiger charge is -2.12. The Bertz CT molecular complexity index is 1480. The van der Waals surface area contributed by atoms with Gasteiger partial charge in [0.05, 0.1) is 17.5 Å². The number of carboxylic acid groups (broad SMARTS) is 1. The summed E-state index contributed by atoms with van der Waals surface area (Å²) >= 11 is 3.54. The van der Waals surface area contributed by atoms with Crippen LogP contribution in [0.25, 0.3) is 28.0 Å². The van der Waals surface area contributed by atoms with Crippen LogP contribution in [0.15, 0.2) is 83.6 Å². The van der Waals surface area contributed by atoms with E-state index in [1.54, 1.807) is 36.1 Å². The van der Waals surface area contributed by atoms with E-state index in [-0.39, 0.29) is 5.56 Å². The van der Waals surface area contributed by atoms with Crippen molar-refractivity contribution >= 4 is 33.4 Å². The van der Waals surface area contributed by atoms with Crippen molar-refractivity contribution in [1.29, 1.82) is 0 Å². The second-order valence-corrected chi connectivity index (χ2v) is 8.15. The van der Waals surface area contributed by atoms with Crippen molar-refractivity contribution in [3.05, 3.63) is 89.2 Å². The van der Waals surface area contributed by atoms with Crippen molar-refractivity contribution in [2.24, 2.45) is 0 Å². The number of hydrogen-bond donors (Lipinski definition) is 2. The van der Waals surface area contributed by atoms with Gasteiger partial charge in [0.2, 0.25) is 5.88 Å². The summed E-state index contributed by atoms with van der Waals surface area (Å²) in [7, 11) is 1.78. The van der Waals surface area contributed by atoms with Crippen molar-refractivity contribution < 1.29 is 14.6 Å². The zero-order chi connectivity index (χ0) is 23.7. The summed E-state index contributed by atoms with van der Waals surface area (Å²) in [6, 6.07) is 20.1. The topological polar surface area (TPSA) is 102 Å². The number of carboxylic acids is 1. The van der Waals surface area contributed by atoms with Gasteiger partial charge in [0.25, 0.3) is 0 Å². The number of ether oxygens (including phenoxy) is 1. The minimum absolute atomic E-state index is 0.176. The molecule has 0 spiro atoms. The number of pyridine rings is 1. The molecule has 0 aliphatic carbocycles. The highest BCUT2D eigenvalue weighted by Gasteiger charge is 2.19. The van der Waals surface area contributed by atoms with Crippen LogP contribution < -0.4 is 10.1 Å². The van der Waals surface area contributed by atoms with Crippen LogP contribution in [-0.2, 0) is 0 Å². The molecule has 9 heteroatoms. The first-order chi connectivity index (χ1) is 16.5. The van der Waals surface area contributed by atoms with Gasteiger partial charge in [-0.2, -0.15) is 14.6 Å². The van der Waals surface area contributed by atoms with Crippen molar-refractivity contribution in [2.75, 3.05) is 12.4 Å². The smallest absolute Gasteiger partial charge is 0.335 e. The SMILES string of the molecule is CNc1c(Br)c(Oc2ccc(C(=O)O)cc2)nc2c(-c3ccc(-c4ccccc4)nc3)cnn12. The van der Waals surface area contributed by atoms with E-state index in [1.165, 1.54) is 12.1 Å². The average molecular weight is 516 g/mol. The Hall–Kier alpha value is -4.24. The molecule has 168 valence electrons. The number of aromatic carboxylic acids is 1. The highest BCUT2D eigenvalue weighted by molar-refractivity contribution is 9.10. The van der Waals surface area contributed by atoms with Crippen LogP contribution in [0.3, 0.4) is 0 Å². The first kappa shape index (κ1) is 21.6. The molecule has 3 aromatic heterocycles. The molecule has 8 nitrogen and oxygen atoms in total. The van der Waals surface area contributed by atoms with E-state index >= 15 is 0 Å². The fourth-order valence-corrected chi connectivity index (χ4v) is 4.09. The van der Waals surface area contributed by atoms with Gasteiger partial charge in [0, 0.05) is 29.9 Å². The van der Waals surface area contributed by atoms with Crippen molar-refractivity contribution in [3.63, 3.8) is 0 Å². The molecule has 0 saturated carbocycles. The molecule has 0 aliphatic heterocycles. The molecular formula is C25H18BrN5O3. The molecule has 5 aromatic rings. The van der Waals surface area contributed by atoms with E-state index in [0.29, 0.717) is 27.6 Å². The molecule has 0 radical (unpaired) electrons. The third kappa shape index (κ3) is 3.97. The molecule has 0 aliphatic rings. The summed E-state index contributed by atoms with van der Waals surface area (Å²) in [5.41, 5.74) is 4.33. The van der Waals surface area contributed by atoms with Gasteiger partial charge in [-0.3, -0.25) is 4.98 Å². The summed E-state index contributed by atoms with van der Waals surface area (Å²) in [5, 5.41) is 16.7. The van der Waals surface area contributed by atoms with E-state index in [0.717, 1.165) is 22.4 Å². The minimum Gasteiger partial charge on any atom is -0.478 e. The van der Waals surface area contributed by atoms with Crippen molar-refractivity contribution in [2.45, 2.75) is 0 Å². The molecule has 2 aromatic carbocycles. The van der Waals surface area contributed by atoms with Gasteiger partial charge in [-0.1, -0.05) is 36.4 Å². The maximum Gasteiger partial charge on any atom is 0.335 e. The summed E-state index contributed by atoms with van der Waals surface area (Å²) in [5.74, 6) is 0.429. The fourth-order valence-electron chi connectivity index (χ4n) is 3.55. The van der Waals surface area contributed by atoms with Gasteiger partial charge in [0.15, 0.2) is 5.65 Å². The third-order valence-electron chi connectivity index (χ3n) is 5.26. The van der Waals surface area contributed by atoms with Gasteiger partial charge in [-0.15, -0.1) is 0 Å². The van der Waals surface area contributed by atoms with E-state index in [1.807, 2.05) is 42.5 Å². The zero-order valence-electron chi connectivity index (χ0n) is 17.9. The van der Waals surface area contributed by atoms with Crippen LogP contribution in [0.2, 0.25) is 0 Å². The number of anilines is 1. The van der Waals surface area contributed by atoms with E-state index < -0.39 is 5.97 Å². The number of hydrogen-bond acceptors (Lipinski definition) is 6. The molecule has 0 atom stereocenters. The lowest BCUT2D eigenvalue weighted by atomic mass is 10.1. The lowest BCUT2D eigenvalue weighted by Crippen LogP contribution is -2.04. The second kappa shape index (κ2) is 8.95.